The number of morpholine rings is 1. The molecule has 7 aliphatic rings. The van der Waals surface area contributed by atoms with E-state index in [1.807, 2.05) is 22.9 Å². The van der Waals surface area contributed by atoms with Gasteiger partial charge in [0.2, 0.25) is 5.60 Å². The molecule has 5 heterocycles. The molecule has 48 heavy (non-hydrogen) atoms. The average molecular weight is 761 g/mol. The molecule has 2 bridgehead atoms. The van der Waals surface area contributed by atoms with E-state index in [1.54, 1.807) is 12.1 Å². The number of esters is 1. The van der Waals surface area contributed by atoms with Crippen LogP contribution in [0.15, 0.2) is 46.7 Å². The van der Waals surface area contributed by atoms with Gasteiger partial charge >= 0.3 is 5.97 Å². The highest BCUT2D eigenvalue weighted by Crippen LogP contribution is 2.64. The number of halogens is 1. The molecule has 0 spiro atoms. The number of aliphatic hydroxyl groups excluding tert-OH is 1. The van der Waals surface area contributed by atoms with E-state index in [2.05, 4.69) is 34.0 Å². The summed E-state index contributed by atoms with van der Waals surface area (Å²) in [4.78, 5) is 26.7. The van der Waals surface area contributed by atoms with Crippen LogP contribution in [0.3, 0.4) is 0 Å². The lowest BCUT2D eigenvalue weighted by atomic mass is 9.48. The Morgan fingerprint density at radius 1 is 0.979 bits per heavy atom. The molecule has 9 rings (SSSR count). The maximum absolute atomic E-state index is 13.1. The second-order valence-electron chi connectivity index (χ2n) is 16.6. The quantitative estimate of drug-likeness (QED) is 0.215. The van der Waals surface area contributed by atoms with Crippen LogP contribution in [0.1, 0.15) is 87.8 Å². The van der Waals surface area contributed by atoms with E-state index in [9.17, 15) is 19.8 Å². The number of quaternary nitrogens is 1. The van der Waals surface area contributed by atoms with Crippen LogP contribution in [0.4, 0.5) is 0 Å². The second-order valence-corrected chi connectivity index (χ2v) is 18.5. The van der Waals surface area contributed by atoms with Crippen molar-refractivity contribution in [2.45, 2.75) is 120 Å². The van der Waals surface area contributed by atoms with Crippen LogP contribution >= 0.6 is 22.7 Å². The van der Waals surface area contributed by atoms with Crippen molar-refractivity contribution in [3.63, 3.8) is 0 Å². The molecule has 3 saturated heterocycles. The van der Waals surface area contributed by atoms with E-state index in [0.717, 1.165) is 68.2 Å². The van der Waals surface area contributed by atoms with Crippen molar-refractivity contribution in [2.24, 2.45) is 28.6 Å². The SMILES string of the molecule is C[C@]12CC[C@H](O)CC1=CC[C@@H]1[C@@H]2CC[C@]2(C)C(=O)CC[C@@H]12.C[N+]1(C)[C@@H]2CC(OC(=O)C(O)(c3cccs3)c3cccs3)C[C@H]1[C@@H]1O[C@@H]12.[Br-]. The molecular formula is C38H50BrNO6S2. The van der Waals surface area contributed by atoms with Crippen LogP contribution in [0, 0.1) is 28.6 Å². The molecule has 3 saturated carbocycles. The number of thiophene rings is 2. The zero-order valence-electron chi connectivity index (χ0n) is 28.5. The van der Waals surface area contributed by atoms with Crippen molar-refractivity contribution >= 4 is 34.4 Å². The number of ether oxygens (including phenoxy) is 2. The maximum atomic E-state index is 13.1. The molecule has 2 N–H and O–H groups in total. The third-order valence-electron chi connectivity index (χ3n) is 14.1. The number of fused-ring (bicyclic) bond motifs is 10. The molecule has 2 aromatic rings. The zero-order chi connectivity index (χ0) is 32.9. The Morgan fingerprint density at radius 3 is 2.19 bits per heavy atom. The number of epoxide rings is 1. The van der Waals surface area contributed by atoms with Crippen LogP contribution in [0.5, 0.6) is 0 Å². The fourth-order valence-electron chi connectivity index (χ4n) is 11.2. The van der Waals surface area contributed by atoms with Gasteiger partial charge in [0.15, 0.2) is 0 Å². The predicted octanol–water partition coefficient (Wildman–Crippen LogP) is 3.23. The van der Waals surface area contributed by atoms with Gasteiger partial charge in [-0.15, -0.1) is 22.7 Å². The van der Waals surface area contributed by atoms with Crippen LogP contribution in [0.2, 0.25) is 0 Å². The number of Topliss-reactive ketones (excluding diaryl/α,β-unsaturated/α-hetero) is 1. The number of allylic oxidation sites excluding steroid dienone is 1. The van der Waals surface area contributed by atoms with E-state index in [-0.39, 0.29) is 34.6 Å². The summed E-state index contributed by atoms with van der Waals surface area (Å²) in [6, 6.07) is 8.01. The molecule has 0 amide bonds. The molecule has 0 radical (unpaired) electrons. The molecular weight excluding hydrogens is 710 g/mol. The predicted molar refractivity (Wildman–Crippen MR) is 182 cm³/mol. The van der Waals surface area contributed by atoms with Gasteiger partial charge in [-0.05, 0) is 91.0 Å². The first kappa shape index (κ1) is 35.0. The third kappa shape index (κ3) is 5.29. The van der Waals surface area contributed by atoms with Crippen molar-refractivity contribution in [2.75, 3.05) is 14.1 Å². The van der Waals surface area contributed by atoms with Gasteiger partial charge in [0.25, 0.3) is 0 Å². The van der Waals surface area contributed by atoms with Crippen molar-refractivity contribution < 1.29 is 50.7 Å². The normalized spacial score (nSPS) is 41.7. The summed E-state index contributed by atoms with van der Waals surface area (Å²) in [7, 11) is 4.49. The Kier molecular flexibility index (Phi) is 9.03. The van der Waals surface area contributed by atoms with Gasteiger partial charge in [-0.3, -0.25) is 4.79 Å². The van der Waals surface area contributed by atoms with E-state index < -0.39 is 11.6 Å². The van der Waals surface area contributed by atoms with Gasteiger partial charge in [-0.2, -0.15) is 0 Å². The Hall–Kier alpha value is -1.40. The molecule has 1 unspecified atom stereocenters. The van der Waals surface area contributed by atoms with Gasteiger partial charge in [-0.1, -0.05) is 37.6 Å². The summed E-state index contributed by atoms with van der Waals surface area (Å²) in [5, 5.41) is 25.1. The van der Waals surface area contributed by atoms with Gasteiger partial charge < -0.3 is 41.2 Å². The Balaban J connectivity index is 0.000000152. The standard InChI is InChI=1S/C19H22NO4S2.C19H28O2.BrH/c1-20(2)12-9-11(10-13(20)17-16(12)24-17)23-18(21)19(22,14-5-3-7-25-14)15-6-4-8-26-15;1-18-9-7-13(20)11-12(18)3-4-14-15-5-6-17(21)19(15,2)10-8-16(14)18;/h3-8,11-13,16-17,22H,9-10H2,1-2H3;3,13-16,20H,4-11H2,1-2H3;1H/q+1;;/p-1/t11?,12-,13+,16-,17+;13-,14-,15-,16-,18-,19-;/m.0./s1. The largest absolute Gasteiger partial charge is 1.00 e. The molecule has 10 heteroatoms. The minimum Gasteiger partial charge on any atom is -1.00 e. The summed E-state index contributed by atoms with van der Waals surface area (Å²) >= 11 is 2.74. The maximum Gasteiger partial charge on any atom is 0.349 e. The Morgan fingerprint density at radius 2 is 1.58 bits per heavy atom. The summed E-state index contributed by atoms with van der Waals surface area (Å²) in [5.74, 6) is 2.04. The molecule has 4 aliphatic carbocycles. The van der Waals surface area contributed by atoms with Crippen LogP contribution in [-0.4, -0.2) is 77.0 Å². The molecule has 0 aromatic carbocycles. The molecule has 2 aromatic heterocycles. The van der Waals surface area contributed by atoms with Crippen LogP contribution in [-0.2, 0) is 24.7 Å². The number of ketones is 1. The summed E-state index contributed by atoms with van der Waals surface area (Å²) in [5.41, 5.74) is 0.0878. The fraction of sp³-hybridized carbons (Fsp3) is 0.684. The Labute approximate surface area is 303 Å². The second kappa shape index (κ2) is 12.4. The van der Waals surface area contributed by atoms with Gasteiger partial charge in [0, 0.05) is 24.7 Å². The number of piperidine rings is 1. The fourth-order valence-corrected chi connectivity index (χ4v) is 13.0. The number of nitrogens with zero attached hydrogens (tertiary/aromatic N) is 1. The van der Waals surface area contributed by atoms with Crippen molar-refractivity contribution in [1.29, 1.82) is 0 Å². The smallest absolute Gasteiger partial charge is 0.349 e. The van der Waals surface area contributed by atoms with E-state index >= 15 is 0 Å². The van der Waals surface area contributed by atoms with Crippen molar-refractivity contribution in [3.05, 3.63) is 56.4 Å². The number of carbonyl (C=O) groups is 2. The average Bonchev–Trinajstić information content (AvgIpc) is 3.40. The lowest BCUT2D eigenvalue weighted by Gasteiger charge is -2.56. The van der Waals surface area contributed by atoms with E-state index in [1.165, 1.54) is 34.7 Å². The Bertz CT molecular complexity index is 1500. The number of hydrogen-bond donors (Lipinski definition) is 2. The summed E-state index contributed by atoms with van der Waals surface area (Å²) in [6.45, 7) is 4.69. The molecule has 6 fully saturated rings. The molecule has 3 aliphatic heterocycles. The minimum atomic E-state index is -1.72. The highest BCUT2D eigenvalue weighted by molar-refractivity contribution is 7.12. The van der Waals surface area contributed by atoms with Crippen molar-refractivity contribution in [3.8, 4) is 0 Å². The number of likely N-dealkylation sites (N-methyl/N-ethyl adjacent to an activating group) is 1. The highest BCUT2D eigenvalue weighted by atomic mass is 79.9. The lowest BCUT2D eigenvalue weighted by Crippen LogP contribution is -3.00. The first-order chi connectivity index (χ1) is 22.4. The van der Waals surface area contributed by atoms with Crippen LogP contribution < -0.4 is 17.0 Å². The zero-order valence-corrected chi connectivity index (χ0v) is 31.7. The molecule has 7 nitrogen and oxygen atoms in total. The van der Waals surface area contributed by atoms with E-state index in [4.69, 9.17) is 9.47 Å². The minimum absolute atomic E-state index is 0. The van der Waals surface area contributed by atoms with Gasteiger partial charge in [0.1, 0.15) is 36.2 Å². The summed E-state index contributed by atoms with van der Waals surface area (Å²) in [6.07, 6.45) is 12.8. The number of aliphatic hydroxyl groups is 2. The third-order valence-corrected chi connectivity index (χ3v) is 16.1. The van der Waals surface area contributed by atoms with Gasteiger partial charge in [0.05, 0.1) is 30.0 Å². The topological polar surface area (TPSA) is 96.4 Å². The van der Waals surface area contributed by atoms with E-state index in [0.29, 0.717) is 57.1 Å². The lowest BCUT2D eigenvalue weighted by molar-refractivity contribution is -0.938. The van der Waals surface area contributed by atoms with Crippen molar-refractivity contribution in [1.82, 2.24) is 0 Å². The molecule has 11 atom stereocenters. The monoisotopic (exact) mass is 759 g/mol. The van der Waals surface area contributed by atoms with Gasteiger partial charge in [-0.25, -0.2) is 4.79 Å². The first-order valence-electron chi connectivity index (χ1n) is 17.8. The number of carbonyl (C=O) groups excluding carboxylic acids is 2. The highest BCUT2D eigenvalue weighted by Gasteiger charge is 2.71. The molecule has 262 valence electrons. The number of rotatable bonds is 4. The first-order valence-corrected chi connectivity index (χ1v) is 19.5. The summed E-state index contributed by atoms with van der Waals surface area (Å²) < 4.78 is 12.6. The van der Waals surface area contributed by atoms with Crippen LogP contribution in [0.25, 0.3) is 0 Å². The number of hydrogen-bond acceptors (Lipinski definition) is 8.